The predicted octanol–water partition coefficient (Wildman–Crippen LogP) is -0.371. The van der Waals surface area contributed by atoms with E-state index in [0.717, 1.165) is 11.5 Å². The van der Waals surface area contributed by atoms with Gasteiger partial charge >= 0.3 is 12.1 Å². The number of hydrogen-bond acceptors (Lipinski definition) is 4. The summed E-state index contributed by atoms with van der Waals surface area (Å²) >= 11 is 0. The predicted molar refractivity (Wildman–Crippen MR) is 74.2 cm³/mol. The van der Waals surface area contributed by atoms with Gasteiger partial charge in [-0.05, 0) is 27.2 Å². The first-order valence-electron chi connectivity index (χ1n) is 6.47. The summed E-state index contributed by atoms with van der Waals surface area (Å²) in [5.41, 5.74) is 3.89. The molecule has 0 aromatic carbocycles. The highest BCUT2D eigenvalue weighted by atomic mass is 16.2. The Bertz CT molecular complexity index is 334. The molecule has 0 fully saturated rings. The van der Waals surface area contributed by atoms with E-state index >= 15 is 0 Å². The Balaban J connectivity index is 4.73. The van der Waals surface area contributed by atoms with Crippen LogP contribution in [0.1, 0.15) is 34.1 Å². The van der Waals surface area contributed by atoms with Crippen molar-refractivity contribution < 1.29 is 14.4 Å². The highest BCUT2D eigenvalue weighted by Gasteiger charge is 2.29. The molecule has 0 aromatic heterocycles. The van der Waals surface area contributed by atoms with Crippen LogP contribution < -0.4 is 26.8 Å². The SMILES string of the molecule is CCCNC(=O)NN(NC(=O)NCC)C(C)(C)NC=O. The lowest BCUT2D eigenvalue weighted by atomic mass is 10.2. The second-order valence-electron chi connectivity index (χ2n) is 4.50. The number of nitrogens with one attached hydrogen (secondary N) is 5. The molecule has 0 atom stereocenters. The molecule has 0 heterocycles. The second kappa shape index (κ2) is 8.97. The van der Waals surface area contributed by atoms with Gasteiger partial charge in [-0.3, -0.25) is 15.6 Å². The van der Waals surface area contributed by atoms with Gasteiger partial charge in [0.1, 0.15) is 5.66 Å². The van der Waals surface area contributed by atoms with E-state index in [1.54, 1.807) is 20.8 Å². The van der Waals surface area contributed by atoms with Crippen molar-refractivity contribution in [3.05, 3.63) is 0 Å². The minimum absolute atomic E-state index is 0.434. The van der Waals surface area contributed by atoms with E-state index in [1.807, 2.05) is 6.92 Å². The Labute approximate surface area is 118 Å². The Hall–Kier alpha value is -2.03. The Morgan fingerprint density at radius 3 is 2.10 bits per heavy atom. The summed E-state index contributed by atoms with van der Waals surface area (Å²) < 4.78 is 0. The van der Waals surface area contributed by atoms with Gasteiger partial charge < -0.3 is 16.0 Å². The van der Waals surface area contributed by atoms with Crippen LogP contribution in [-0.2, 0) is 4.79 Å². The highest BCUT2D eigenvalue weighted by Crippen LogP contribution is 2.03. The zero-order valence-electron chi connectivity index (χ0n) is 12.4. The molecule has 0 rings (SSSR count). The minimum atomic E-state index is -1.00. The van der Waals surface area contributed by atoms with Gasteiger partial charge in [0, 0.05) is 13.1 Å². The van der Waals surface area contributed by atoms with Crippen LogP contribution in [0.15, 0.2) is 0 Å². The van der Waals surface area contributed by atoms with E-state index < -0.39 is 17.7 Å². The first-order valence-corrected chi connectivity index (χ1v) is 6.47. The molecule has 0 saturated heterocycles. The highest BCUT2D eigenvalue weighted by molar-refractivity contribution is 5.75. The van der Waals surface area contributed by atoms with Gasteiger partial charge in [-0.25, -0.2) is 9.59 Å². The van der Waals surface area contributed by atoms with E-state index in [2.05, 4.69) is 26.8 Å². The quantitative estimate of drug-likeness (QED) is 0.238. The maximum absolute atomic E-state index is 11.7. The smallest absolute Gasteiger partial charge is 0.330 e. The van der Waals surface area contributed by atoms with Gasteiger partial charge in [0.05, 0.1) is 0 Å². The molecule has 0 spiro atoms. The number of hydrogen-bond donors (Lipinski definition) is 5. The third-order valence-corrected chi connectivity index (χ3v) is 2.27. The van der Waals surface area contributed by atoms with E-state index in [9.17, 15) is 14.4 Å². The summed E-state index contributed by atoms with van der Waals surface area (Å²) in [4.78, 5) is 33.8. The van der Waals surface area contributed by atoms with Crippen molar-refractivity contribution in [2.45, 2.75) is 39.8 Å². The summed E-state index contributed by atoms with van der Waals surface area (Å²) in [7, 11) is 0. The number of nitrogens with zero attached hydrogens (tertiary/aromatic N) is 1. The molecule has 9 nitrogen and oxygen atoms in total. The molecular formula is C11H24N6O3. The molecule has 0 aliphatic heterocycles. The monoisotopic (exact) mass is 288 g/mol. The topological polar surface area (TPSA) is 115 Å². The molecule has 0 bridgehead atoms. The van der Waals surface area contributed by atoms with E-state index in [1.165, 1.54) is 0 Å². The third-order valence-electron chi connectivity index (χ3n) is 2.27. The average molecular weight is 288 g/mol. The van der Waals surface area contributed by atoms with Crippen LogP contribution in [0.3, 0.4) is 0 Å². The van der Waals surface area contributed by atoms with Crippen molar-refractivity contribution in [1.29, 1.82) is 0 Å². The van der Waals surface area contributed by atoms with Crippen LogP contribution in [0.25, 0.3) is 0 Å². The summed E-state index contributed by atoms with van der Waals surface area (Å²) in [6.07, 6.45) is 1.27. The number of carbonyl (C=O) groups excluding carboxylic acids is 3. The fourth-order valence-electron chi connectivity index (χ4n) is 1.20. The third kappa shape index (κ3) is 6.78. The largest absolute Gasteiger partial charge is 0.338 e. The van der Waals surface area contributed by atoms with E-state index in [0.29, 0.717) is 19.5 Å². The molecule has 9 heteroatoms. The Morgan fingerprint density at radius 2 is 1.65 bits per heavy atom. The number of hydrazine groups is 2. The lowest BCUT2D eigenvalue weighted by Gasteiger charge is -2.37. The summed E-state index contributed by atoms with van der Waals surface area (Å²) in [6, 6.07) is -0.978. The fourth-order valence-corrected chi connectivity index (χ4v) is 1.20. The molecule has 20 heavy (non-hydrogen) atoms. The maximum atomic E-state index is 11.7. The molecule has 0 aliphatic rings. The van der Waals surface area contributed by atoms with Gasteiger partial charge in [-0.1, -0.05) is 6.92 Å². The van der Waals surface area contributed by atoms with Crippen LogP contribution >= 0.6 is 0 Å². The molecule has 116 valence electrons. The Morgan fingerprint density at radius 1 is 1.10 bits per heavy atom. The van der Waals surface area contributed by atoms with Crippen LogP contribution in [0.4, 0.5) is 9.59 Å². The maximum Gasteiger partial charge on any atom is 0.330 e. The molecule has 0 saturated carbocycles. The van der Waals surface area contributed by atoms with Crippen LogP contribution in [0.5, 0.6) is 0 Å². The molecule has 0 radical (unpaired) electrons. The normalized spacial score (nSPS) is 10.7. The first kappa shape index (κ1) is 18.0. The lowest BCUT2D eigenvalue weighted by molar-refractivity contribution is -0.114. The van der Waals surface area contributed by atoms with E-state index in [4.69, 9.17) is 0 Å². The van der Waals surface area contributed by atoms with E-state index in [-0.39, 0.29) is 0 Å². The van der Waals surface area contributed by atoms with Crippen molar-refractivity contribution in [3.63, 3.8) is 0 Å². The van der Waals surface area contributed by atoms with Crippen molar-refractivity contribution in [2.75, 3.05) is 13.1 Å². The second-order valence-corrected chi connectivity index (χ2v) is 4.50. The number of rotatable bonds is 8. The fraction of sp³-hybridized carbons (Fsp3) is 0.727. The van der Waals surface area contributed by atoms with Crippen LogP contribution in [-0.4, -0.2) is 42.3 Å². The lowest BCUT2D eigenvalue weighted by Crippen LogP contribution is -2.69. The van der Waals surface area contributed by atoms with Gasteiger partial charge in [0.25, 0.3) is 0 Å². The molecule has 0 aromatic rings. The standard InChI is InChI=1S/C11H24N6O3/c1-5-7-13-10(20)16-17(11(3,4)14-8-18)15-9(19)12-6-2/h8H,5-7H2,1-4H3,(H,14,18)(H2,12,15,19)(H2,13,16,20). The van der Waals surface area contributed by atoms with Crippen molar-refractivity contribution in [3.8, 4) is 0 Å². The minimum Gasteiger partial charge on any atom is -0.338 e. The molecule has 5 N–H and O–H groups in total. The zero-order valence-corrected chi connectivity index (χ0v) is 12.4. The van der Waals surface area contributed by atoms with Gasteiger partial charge in [0.2, 0.25) is 6.41 Å². The van der Waals surface area contributed by atoms with Crippen molar-refractivity contribution in [1.82, 2.24) is 31.9 Å². The molecular weight excluding hydrogens is 264 g/mol. The van der Waals surface area contributed by atoms with Gasteiger partial charge in [-0.15, -0.1) is 5.12 Å². The first-order chi connectivity index (χ1) is 9.37. The molecule has 0 aliphatic carbocycles. The summed E-state index contributed by atoms with van der Waals surface area (Å²) in [5.74, 6) is 0. The summed E-state index contributed by atoms with van der Waals surface area (Å²) in [5, 5.41) is 8.74. The van der Waals surface area contributed by atoms with Crippen LogP contribution in [0, 0.1) is 0 Å². The number of carbonyl (C=O) groups is 3. The molecule has 0 unspecified atom stereocenters. The molecule has 5 amide bonds. The Kier molecular flexibility index (Phi) is 8.06. The van der Waals surface area contributed by atoms with Crippen molar-refractivity contribution in [2.24, 2.45) is 0 Å². The van der Waals surface area contributed by atoms with Gasteiger partial charge in [0.15, 0.2) is 0 Å². The van der Waals surface area contributed by atoms with Gasteiger partial charge in [-0.2, -0.15) is 0 Å². The number of amides is 5. The zero-order chi connectivity index (χ0) is 15.6. The average Bonchev–Trinajstić information content (AvgIpc) is 2.35. The van der Waals surface area contributed by atoms with Crippen molar-refractivity contribution >= 4 is 18.5 Å². The summed E-state index contributed by atoms with van der Waals surface area (Å²) in [6.45, 7) is 7.86. The van der Waals surface area contributed by atoms with Crippen LogP contribution in [0.2, 0.25) is 0 Å². The number of urea groups is 2.